The monoisotopic (exact) mass is 458 g/mol. The van der Waals surface area contributed by atoms with Crippen LogP contribution in [0.2, 0.25) is 5.04 Å². The SMILES string of the molecule is CCCCCCCCCCCCCCCCCCN[C](C)C(C)(C)[Si](OC)(OC)OC. The maximum absolute atomic E-state index is 5.69. The molecule has 1 N–H and O–H groups in total. The zero-order valence-electron chi connectivity index (χ0n) is 22.2. The molecule has 0 fully saturated rings. The van der Waals surface area contributed by atoms with E-state index < -0.39 is 8.80 Å². The molecule has 0 saturated carbocycles. The third-order valence-corrected chi connectivity index (χ3v) is 10.4. The molecule has 0 aromatic heterocycles. The zero-order valence-corrected chi connectivity index (χ0v) is 23.2. The topological polar surface area (TPSA) is 39.7 Å². The fraction of sp³-hybridized carbons (Fsp3) is 0.962. The van der Waals surface area contributed by atoms with Gasteiger partial charge in [-0.3, -0.25) is 0 Å². The highest BCUT2D eigenvalue weighted by Gasteiger charge is 2.56. The minimum atomic E-state index is -2.72. The van der Waals surface area contributed by atoms with Gasteiger partial charge in [0.1, 0.15) is 0 Å². The molecule has 0 rings (SSSR count). The van der Waals surface area contributed by atoms with Gasteiger partial charge in [-0.1, -0.05) is 117 Å². The lowest BCUT2D eigenvalue weighted by Gasteiger charge is -2.42. The second kappa shape index (κ2) is 19.5. The first-order valence-corrected chi connectivity index (χ1v) is 14.9. The van der Waals surface area contributed by atoms with Crippen molar-refractivity contribution in [3.05, 3.63) is 6.04 Å². The highest BCUT2D eigenvalue weighted by molar-refractivity contribution is 6.64. The number of hydrogen-bond donors (Lipinski definition) is 1. The van der Waals surface area contributed by atoms with Gasteiger partial charge in [0.25, 0.3) is 0 Å². The maximum atomic E-state index is 5.69. The summed E-state index contributed by atoms with van der Waals surface area (Å²) < 4.78 is 17.1. The Kier molecular flexibility index (Phi) is 19.6. The molecule has 187 valence electrons. The molecule has 0 bridgehead atoms. The molecule has 0 aliphatic carbocycles. The Labute approximate surface area is 197 Å². The Morgan fingerprint density at radius 1 is 0.613 bits per heavy atom. The molecular formula is C26H56NO3Si. The van der Waals surface area contributed by atoms with Crippen molar-refractivity contribution in [2.45, 2.75) is 135 Å². The van der Waals surface area contributed by atoms with E-state index in [4.69, 9.17) is 13.3 Å². The molecule has 0 aromatic rings. The van der Waals surface area contributed by atoms with E-state index in [1.165, 1.54) is 109 Å². The summed E-state index contributed by atoms with van der Waals surface area (Å²) >= 11 is 0. The molecule has 0 amide bonds. The number of hydrogen-bond acceptors (Lipinski definition) is 4. The van der Waals surface area contributed by atoms with Crippen molar-refractivity contribution in [2.75, 3.05) is 27.9 Å². The van der Waals surface area contributed by atoms with Crippen molar-refractivity contribution in [3.8, 4) is 0 Å². The first-order valence-electron chi connectivity index (χ1n) is 13.1. The van der Waals surface area contributed by atoms with Gasteiger partial charge in [-0.25, -0.2) is 0 Å². The Hall–Kier alpha value is 0.0569. The lowest BCUT2D eigenvalue weighted by molar-refractivity contribution is 0.0960. The number of nitrogens with one attached hydrogen (secondary N) is 1. The second-order valence-electron chi connectivity index (χ2n) is 9.65. The molecule has 0 aromatic carbocycles. The summed E-state index contributed by atoms with van der Waals surface area (Å²) in [7, 11) is 2.33. The van der Waals surface area contributed by atoms with E-state index in [0.717, 1.165) is 6.54 Å². The highest BCUT2D eigenvalue weighted by atomic mass is 28.4. The third-order valence-electron chi connectivity index (χ3n) is 6.93. The summed E-state index contributed by atoms with van der Waals surface area (Å²) in [6.45, 7) is 9.72. The van der Waals surface area contributed by atoms with E-state index in [1.54, 1.807) is 21.3 Å². The smallest absolute Gasteiger partial charge is 0.376 e. The summed E-state index contributed by atoms with van der Waals surface area (Å²) in [5.41, 5.74) is 0. The van der Waals surface area contributed by atoms with E-state index in [2.05, 4.69) is 33.0 Å². The summed E-state index contributed by atoms with van der Waals surface area (Å²) in [6.07, 6.45) is 22.5. The van der Waals surface area contributed by atoms with E-state index in [1.807, 2.05) is 0 Å². The minimum absolute atomic E-state index is 0.264. The Bertz CT molecular complexity index is 381. The molecule has 0 aliphatic heterocycles. The van der Waals surface area contributed by atoms with E-state index in [-0.39, 0.29) is 5.04 Å². The minimum Gasteiger partial charge on any atom is -0.376 e. The maximum Gasteiger partial charge on any atom is 0.508 e. The first kappa shape index (κ1) is 31.1. The zero-order chi connectivity index (χ0) is 23.4. The second-order valence-corrected chi connectivity index (χ2v) is 13.2. The van der Waals surface area contributed by atoms with Crippen molar-refractivity contribution < 1.29 is 13.3 Å². The predicted octanol–water partition coefficient (Wildman–Crippen LogP) is 8.05. The van der Waals surface area contributed by atoms with Crippen LogP contribution in [0.25, 0.3) is 0 Å². The van der Waals surface area contributed by atoms with Crippen molar-refractivity contribution in [2.24, 2.45) is 0 Å². The van der Waals surface area contributed by atoms with E-state index in [0.29, 0.717) is 0 Å². The molecule has 0 unspecified atom stereocenters. The quantitative estimate of drug-likeness (QED) is 0.124. The summed E-state index contributed by atoms with van der Waals surface area (Å²) in [5.74, 6) is 0. The van der Waals surface area contributed by atoms with Crippen molar-refractivity contribution >= 4 is 8.80 Å². The first-order chi connectivity index (χ1) is 14.9. The van der Waals surface area contributed by atoms with E-state index >= 15 is 0 Å². The Balaban J connectivity index is 3.58. The van der Waals surface area contributed by atoms with Crippen LogP contribution in [0.4, 0.5) is 0 Å². The normalized spacial score (nSPS) is 12.8. The van der Waals surface area contributed by atoms with Crippen LogP contribution in [0.15, 0.2) is 0 Å². The molecule has 0 spiro atoms. The predicted molar refractivity (Wildman–Crippen MR) is 137 cm³/mol. The molecular weight excluding hydrogens is 402 g/mol. The van der Waals surface area contributed by atoms with Crippen LogP contribution in [0.1, 0.15) is 130 Å². The molecule has 0 saturated heterocycles. The highest BCUT2D eigenvalue weighted by Crippen LogP contribution is 2.45. The van der Waals surface area contributed by atoms with Crippen LogP contribution in [-0.2, 0) is 13.3 Å². The van der Waals surface area contributed by atoms with Crippen LogP contribution < -0.4 is 5.32 Å². The van der Waals surface area contributed by atoms with Gasteiger partial charge in [0.15, 0.2) is 0 Å². The van der Waals surface area contributed by atoms with Crippen LogP contribution in [0.5, 0.6) is 0 Å². The van der Waals surface area contributed by atoms with Crippen molar-refractivity contribution in [1.29, 1.82) is 0 Å². The van der Waals surface area contributed by atoms with Gasteiger partial charge in [0.2, 0.25) is 0 Å². The average molecular weight is 459 g/mol. The van der Waals surface area contributed by atoms with Crippen molar-refractivity contribution in [3.63, 3.8) is 0 Å². The third kappa shape index (κ3) is 12.8. The van der Waals surface area contributed by atoms with Gasteiger partial charge in [0.05, 0.1) is 5.04 Å². The molecule has 0 aliphatic rings. The molecule has 0 atom stereocenters. The van der Waals surface area contributed by atoms with Gasteiger partial charge in [-0.2, -0.15) is 0 Å². The molecule has 1 radical (unpaired) electrons. The standard InChI is InChI=1S/C26H56NO3Si/c1-8-9-10-11-12-13-14-15-16-17-18-19-20-21-22-23-24-27-25(2)26(3,4)31(28-5,29-6)30-7/h27H,8-24H2,1-7H3. The van der Waals surface area contributed by atoms with Crippen LogP contribution in [-0.4, -0.2) is 36.7 Å². The fourth-order valence-corrected chi connectivity index (χ4v) is 6.99. The summed E-state index contributed by atoms with van der Waals surface area (Å²) in [6, 6.07) is 1.19. The van der Waals surface area contributed by atoms with Gasteiger partial charge >= 0.3 is 8.80 Å². The summed E-state index contributed by atoms with van der Waals surface area (Å²) in [4.78, 5) is 0. The van der Waals surface area contributed by atoms with Gasteiger partial charge in [-0.15, -0.1) is 0 Å². The van der Waals surface area contributed by atoms with E-state index in [9.17, 15) is 0 Å². The average Bonchev–Trinajstić information content (AvgIpc) is 2.77. The molecule has 0 heterocycles. The Morgan fingerprint density at radius 3 is 1.26 bits per heavy atom. The largest absolute Gasteiger partial charge is 0.508 e. The lowest BCUT2D eigenvalue weighted by Crippen LogP contribution is -2.56. The van der Waals surface area contributed by atoms with Crippen LogP contribution in [0, 0.1) is 6.04 Å². The number of unbranched alkanes of at least 4 members (excludes halogenated alkanes) is 15. The summed E-state index contributed by atoms with van der Waals surface area (Å²) in [5, 5.41) is 3.33. The molecule has 31 heavy (non-hydrogen) atoms. The van der Waals surface area contributed by atoms with Gasteiger partial charge in [-0.05, 0) is 19.9 Å². The molecule has 4 nitrogen and oxygen atoms in total. The molecule has 5 heteroatoms. The van der Waals surface area contributed by atoms with Gasteiger partial charge in [0, 0.05) is 27.4 Å². The number of rotatable bonds is 23. The van der Waals surface area contributed by atoms with Crippen molar-refractivity contribution in [1.82, 2.24) is 5.32 Å². The lowest BCUT2D eigenvalue weighted by atomic mass is 10.0. The van der Waals surface area contributed by atoms with Crippen LogP contribution in [0.3, 0.4) is 0 Å². The van der Waals surface area contributed by atoms with Crippen LogP contribution >= 0.6 is 0 Å². The van der Waals surface area contributed by atoms with Gasteiger partial charge < -0.3 is 18.6 Å². The Morgan fingerprint density at radius 2 is 0.935 bits per heavy atom. The fourth-order valence-electron chi connectivity index (χ4n) is 4.42.